The van der Waals surface area contributed by atoms with E-state index in [1.165, 1.54) is 0 Å². The summed E-state index contributed by atoms with van der Waals surface area (Å²) in [6.45, 7) is 9.47. The second kappa shape index (κ2) is 9.22. The largest absolute Gasteiger partial charge is 0.357 e. The number of aryl methyl sites for hydroxylation is 1. The van der Waals surface area contributed by atoms with Crippen molar-refractivity contribution in [2.24, 2.45) is 4.99 Å². The lowest BCUT2D eigenvalue weighted by Gasteiger charge is -2.20. The van der Waals surface area contributed by atoms with Crippen LogP contribution in [-0.4, -0.2) is 47.0 Å². The molecule has 7 heteroatoms. The molecular weight excluding hydrogens is 328 g/mol. The molecular formula is C19H30N6O. The van der Waals surface area contributed by atoms with Crippen LogP contribution in [0.2, 0.25) is 0 Å². The molecule has 26 heavy (non-hydrogen) atoms. The molecule has 0 radical (unpaired) electrons. The van der Waals surface area contributed by atoms with Gasteiger partial charge in [0.25, 0.3) is 0 Å². The molecule has 2 aromatic rings. The number of carbonyl (C=O) groups excluding carboxylic acids is 1. The Balaban J connectivity index is 1.78. The second-order valence-electron chi connectivity index (χ2n) is 7.22. The highest BCUT2D eigenvalue weighted by Gasteiger charge is 2.13. The maximum Gasteiger partial charge on any atom is 0.242 e. The number of nitrogens with zero attached hydrogens (tertiary/aromatic N) is 2. The molecule has 4 N–H and O–H groups in total. The minimum absolute atomic E-state index is 0.0861. The van der Waals surface area contributed by atoms with Crippen LogP contribution >= 0.6 is 0 Å². The molecule has 0 aliphatic heterocycles. The Morgan fingerprint density at radius 2 is 2.00 bits per heavy atom. The van der Waals surface area contributed by atoms with Crippen LogP contribution in [0.5, 0.6) is 0 Å². The number of rotatable bonds is 7. The van der Waals surface area contributed by atoms with Gasteiger partial charge < -0.3 is 20.9 Å². The van der Waals surface area contributed by atoms with Gasteiger partial charge in [0.05, 0.1) is 11.0 Å². The van der Waals surface area contributed by atoms with Crippen molar-refractivity contribution >= 4 is 22.9 Å². The molecule has 0 aliphatic carbocycles. The highest BCUT2D eigenvalue weighted by Crippen LogP contribution is 2.11. The number of benzene rings is 1. The van der Waals surface area contributed by atoms with Crippen molar-refractivity contribution < 1.29 is 4.79 Å². The van der Waals surface area contributed by atoms with Gasteiger partial charge in [0.15, 0.2) is 5.96 Å². The van der Waals surface area contributed by atoms with Crippen molar-refractivity contribution in [3.8, 4) is 0 Å². The topological polar surface area (TPSA) is 94.2 Å². The summed E-state index contributed by atoms with van der Waals surface area (Å²) in [6.07, 6.45) is 1.77. The number of nitrogens with one attached hydrogen (secondary N) is 4. The van der Waals surface area contributed by atoms with Crippen molar-refractivity contribution in [2.75, 3.05) is 19.6 Å². The van der Waals surface area contributed by atoms with E-state index in [9.17, 15) is 4.79 Å². The molecule has 142 valence electrons. The SMILES string of the molecule is CCNC(=NCC(=O)NC(C)(C)C)NCCCc1nc2ccccc2[nH]1. The van der Waals surface area contributed by atoms with E-state index in [1.807, 2.05) is 52.0 Å². The average Bonchev–Trinajstić information content (AvgIpc) is 2.97. The van der Waals surface area contributed by atoms with E-state index in [-0.39, 0.29) is 18.0 Å². The van der Waals surface area contributed by atoms with Crippen LogP contribution < -0.4 is 16.0 Å². The van der Waals surface area contributed by atoms with Crippen LogP contribution in [0.1, 0.15) is 39.9 Å². The number of carbonyl (C=O) groups is 1. The molecule has 0 fully saturated rings. The van der Waals surface area contributed by atoms with Gasteiger partial charge in [-0.25, -0.2) is 9.98 Å². The Morgan fingerprint density at radius 3 is 2.69 bits per heavy atom. The smallest absolute Gasteiger partial charge is 0.242 e. The fraction of sp³-hybridized carbons (Fsp3) is 0.526. The molecule has 1 aromatic carbocycles. The number of hydrogen-bond acceptors (Lipinski definition) is 3. The molecule has 0 aliphatic rings. The Kier molecular flexibility index (Phi) is 7.00. The molecule has 1 amide bonds. The third kappa shape index (κ3) is 6.74. The van der Waals surface area contributed by atoms with Gasteiger partial charge in [0, 0.05) is 25.0 Å². The fourth-order valence-corrected chi connectivity index (χ4v) is 2.54. The number of para-hydroxylation sites is 2. The highest BCUT2D eigenvalue weighted by atomic mass is 16.2. The van der Waals surface area contributed by atoms with Crippen LogP contribution in [0.25, 0.3) is 11.0 Å². The maximum atomic E-state index is 11.9. The van der Waals surface area contributed by atoms with Crippen LogP contribution in [0.15, 0.2) is 29.3 Å². The lowest BCUT2D eigenvalue weighted by Crippen LogP contribution is -2.43. The lowest BCUT2D eigenvalue weighted by atomic mass is 10.1. The van der Waals surface area contributed by atoms with Gasteiger partial charge in [-0.05, 0) is 46.2 Å². The predicted molar refractivity (Wildman–Crippen MR) is 106 cm³/mol. The number of aromatic nitrogens is 2. The van der Waals surface area contributed by atoms with E-state index in [1.54, 1.807) is 0 Å². The normalized spacial score (nSPS) is 12.2. The average molecular weight is 358 g/mol. The molecule has 0 atom stereocenters. The zero-order valence-corrected chi connectivity index (χ0v) is 16.1. The first-order valence-corrected chi connectivity index (χ1v) is 9.14. The summed E-state index contributed by atoms with van der Waals surface area (Å²) in [5, 5.41) is 9.32. The first-order valence-electron chi connectivity index (χ1n) is 9.14. The minimum Gasteiger partial charge on any atom is -0.357 e. The van der Waals surface area contributed by atoms with E-state index in [0.29, 0.717) is 5.96 Å². The Morgan fingerprint density at radius 1 is 1.23 bits per heavy atom. The molecule has 1 heterocycles. The van der Waals surface area contributed by atoms with Crippen molar-refractivity contribution in [1.29, 1.82) is 0 Å². The third-order valence-electron chi connectivity index (χ3n) is 3.56. The number of aromatic amines is 1. The molecule has 0 saturated carbocycles. The standard InChI is InChI=1S/C19H30N6O/c1-5-20-18(22-13-17(26)25-19(2,3)4)21-12-8-11-16-23-14-9-6-7-10-15(14)24-16/h6-7,9-10H,5,8,11-13H2,1-4H3,(H,23,24)(H,25,26)(H2,20,21,22). The zero-order valence-electron chi connectivity index (χ0n) is 16.1. The number of hydrogen-bond donors (Lipinski definition) is 4. The van der Waals surface area contributed by atoms with Gasteiger partial charge in [-0.2, -0.15) is 0 Å². The molecule has 1 aromatic heterocycles. The van der Waals surface area contributed by atoms with Crippen molar-refractivity contribution in [3.63, 3.8) is 0 Å². The molecule has 0 saturated heterocycles. The van der Waals surface area contributed by atoms with E-state index in [4.69, 9.17) is 0 Å². The van der Waals surface area contributed by atoms with Crippen molar-refractivity contribution in [2.45, 2.75) is 46.1 Å². The summed E-state index contributed by atoms with van der Waals surface area (Å²) >= 11 is 0. The van der Waals surface area contributed by atoms with E-state index in [2.05, 4.69) is 30.9 Å². The van der Waals surface area contributed by atoms with Crippen LogP contribution in [0, 0.1) is 0 Å². The van der Waals surface area contributed by atoms with E-state index in [0.717, 1.165) is 42.8 Å². The maximum absolute atomic E-state index is 11.9. The predicted octanol–water partition coefficient (Wildman–Crippen LogP) is 1.97. The third-order valence-corrected chi connectivity index (χ3v) is 3.56. The van der Waals surface area contributed by atoms with Crippen molar-refractivity contribution in [1.82, 2.24) is 25.9 Å². The van der Waals surface area contributed by atoms with Gasteiger partial charge in [-0.1, -0.05) is 12.1 Å². The summed E-state index contributed by atoms with van der Waals surface area (Å²) < 4.78 is 0. The summed E-state index contributed by atoms with van der Waals surface area (Å²) in [4.78, 5) is 24.1. The summed E-state index contributed by atoms with van der Waals surface area (Å²) in [5.74, 6) is 1.55. The quantitative estimate of drug-likeness (QED) is 0.346. The Hall–Kier alpha value is -2.57. The number of amides is 1. The molecule has 0 unspecified atom stereocenters. The van der Waals surface area contributed by atoms with Gasteiger partial charge in [-0.15, -0.1) is 0 Å². The zero-order chi connectivity index (χ0) is 19.0. The summed E-state index contributed by atoms with van der Waals surface area (Å²) in [7, 11) is 0. The minimum atomic E-state index is -0.245. The van der Waals surface area contributed by atoms with E-state index < -0.39 is 0 Å². The molecule has 0 spiro atoms. The molecule has 2 rings (SSSR count). The Bertz CT molecular complexity index is 711. The van der Waals surface area contributed by atoms with Gasteiger partial charge in [0.2, 0.25) is 5.91 Å². The van der Waals surface area contributed by atoms with Gasteiger partial charge in [0.1, 0.15) is 12.4 Å². The lowest BCUT2D eigenvalue weighted by molar-refractivity contribution is -0.121. The van der Waals surface area contributed by atoms with Crippen molar-refractivity contribution in [3.05, 3.63) is 30.1 Å². The summed E-state index contributed by atoms with van der Waals surface area (Å²) in [6, 6.07) is 8.03. The number of H-pyrrole nitrogens is 1. The van der Waals surface area contributed by atoms with Gasteiger partial charge in [-0.3, -0.25) is 4.79 Å². The first-order chi connectivity index (χ1) is 12.4. The number of fused-ring (bicyclic) bond motifs is 1. The molecule has 0 bridgehead atoms. The highest BCUT2D eigenvalue weighted by molar-refractivity contribution is 5.85. The number of guanidine groups is 1. The Labute approximate surface area is 155 Å². The number of imidazole rings is 1. The molecule has 7 nitrogen and oxygen atoms in total. The van der Waals surface area contributed by atoms with Crippen LogP contribution in [0.4, 0.5) is 0 Å². The van der Waals surface area contributed by atoms with E-state index >= 15 is 0 Å². The second-order valence-corrected chi connectivity index (χ2v) is 7.22. The monoisotopic (exact) mass is 358 g/mol. The van der Waals surface area contributed by atoms with Gasteiger partial charge >= 0.3 is 0 Å². The first kappa shape index (κ1) is 19.8. The van der Waals surface area contributed by atoms with Crippen LogP contribution in [0.3, 0.4) is 0 Å². The summed E-state index contributed by atoms with van der Waals surface area (Å²) in [5.41, 5.74) is 1.82. The fourth-order valence-electron chi connectivity index (χ4n) is 2.54. The number of aliphatic imine (C=N–C) groups is 1. The van der Waals surface area contributed by atoms with Crippen LogP contribution in [-0.2, 0) is 11.2 Å².